The molecule has 0 spiro atoms. The van der Waals surface area contributed by atoms with E-state index in [1.54, 1.807) is 6.33 Å². The number of rotatable bonds is 6. The molecule has 0 unspecified atom stereocenters. The van der Waals surface area contributed by atoms with E-state index in [0.717, 1.165) is 57.1 Å². The highest BCUT2D eigenvalue weighted by Gasteiger charge is 2.29. The molecular formula is C16H28N4O. The maximum absolute atomic E-state index is 5.81. The number of hydrogen-bond donors (Lipinski definition) is 1. The standard InChI is InChI=1S/C16H28N4O/c1-5-7-13-14(17-8-6-2)18-12-19-15(13)20-9-10-21-16(3,4)11-20/h12H,5-11H2,1-4H3,(H,17,18,19). The molecule has 0 saturated carbocycles. The summed E-state index contributed by atoms with van der Waals surface area (Å²) in [5, 5.41) is 3.44. The predicted molar refractivity (Wildman–Crippen MR) is 87.1 cm³/mol. The minimum absolute atomic E-state index is 0.121. The smallest absolute Gasteiger partial charge is 0.137 e. The molecule has 1 aromatic heterocycles. The average molecular weight is 292 g/mol. The van der Waals surface area contributed by atoms with Gasteiger partial charge in [-0.1, -0.05) is 20.3 Å². The third-order valence-corrected chi connectivity index (χ3v) is 3.69. The van der Waals surface area contributed by atoms with Crippen molar-refractivity contribution in [3.05, 3.63) is 11.9 Å². The van der Waals surface area contributed by atoms with E-state index in [1.165, 1.54) is 5.56 Å². The highest BCUT2D eigenvalue weighted by molar-refractivity contribution is 5.59. The molecule has 2 rings (SSSR count). The summed E-state index contributed by atoms with van der Waals surface area (Å²) < 4.78 is 5.81. The Bertz CT molecular complexity index is 462. The van der Waals surface area contributed by atoms with Gasteiger partial charge in [-0.15, -0.1) is 0 Å². The van der Waals surface area contributed by atoms with Crippen LogP contribution in [0.25, 0.3) is 0 Å². The van der Waals surface area contributed by atoms with Crippen molar-refractivity contribution in [2.24, 2.45) is 0 Å². The zero-order chi connectivity index (χ0) is 15.3. The Morgan fingerprint density at radius 1 is 1.29 bits per heavy atom. The van der Waals surface area contributed by atoms with Crippen LogP contribution in [0.15, 0.2) is 6.33 Å². The number of hydrogen-bond acceptors (Lipinski definition) is 5. The first-order valence-electron chi connectivity index (χ1n) is 8.04. The molecule has 118 valence electrons. The van der Waals surface area contributed by atoms with Gasteiger partial charge in [-0.2, -0.15) is 0 Å². The van der Waals surface area contributed by atoms with Gasteiger partial charge in [0, 0.05) is 25.2 Å². The normalized spacial score (nSPS) is 17.8. The fourth-order valence-electron chi connectivity index (χ4n) is 2.75. The molecule has 21 heavy (non-hydrogen) atoms. The Labute approximate surface area is 128 Å². The van der Waals surface area contributed by atoms with Crippen LogP contribution in [0.5, 0.6) is 0 Å². The van der Waals surface area contributed by atoms with Gasteiger partial charge >= 0.3 is 0 Å². The van der Waals surface area contributed by atoms with Crippen LogP contribution in [-0.4, -0.2) is 41.8 Å². The van der Waals surface area contributed by atoms with E-state index in [1.807, 2.05) is 0 Å². The van der Waals surface area contributed by atoms with Crippen LogP contribution < -0.4 is 10.2 Å². The van der Waals surface area contributed by atoms with Crippen molar-refractivity contribution >= 4 is 11.6 Å². The van der Waals surface area contributed by atoms with Crippen molar-refractivity contribution in [3.8, 4) is 0 Å². The second-order valence-corrected chi connectivity index (χ2v) is 6.23. The summed E-state index contributed by atoms with van der Waals surface area (Å²) in [5.74, 6) is 2.06. The van der Waals surface area contributed by atoms with Crippen molar-refractivity contribution in [3.63, 3.8) is 0 Å². The molecule has 1 aliphatic heterocycles. The van der Waals surface area contributed by atoms with Gasteiger partial charge in [0.25, 0.3) is 0 Å². The number of morpholine rings is 1. The van der Waals surface area contributed by atoms with Gasteiger partial charge < -0.3 is 15.0 Å². The third-order valence-electron chi connectivity index (χ3n) is 3.69. The van der Waals surface area contributed by atoms with Gasteiger partial charge in [-0.3, -0.25) is 0 Å². The van der Waals surface area contributed by atoms with Crippen molar-refractivity contribution in [2.45, 2.75) is 52.6 Å². The van der Waals surface area contributed by atoms with E-state index in [-0.39, 0.29) is 5.60 Å². The fourth-order valence-corrected chi connectivity index (χ4v) is 2.75. The highest BCUT2D eigenvalue weighted by Crippen LogP contribution is 2.28. The molecule has 0 radical (unpaired) electrons. The molecule has 0 atom stereocenters. The summed E-state index contributed by atoms with van der Waals surface area (Å²) >= 11 is 0. The van der Waals surface area contributed by atoms with E-state index in [9.17, 15) is 0 Å². The second kappa shape index (κ2) is 7.07. The lowest BCUT2D eigenvalue weighted by atomic mass is 10.1. The van der Waals surface area contributed by atoms with Crippen LogP contribution in [-0.2, 0) is 11.2 Å². The van der Waals surface area contributed by atoms with E-state index in [4.69, 9.17) is 4.74 Å². The number of anilines is 2. The van der Waals surface area contributed by atoms with Gasteiger partial charge in [0.05, 0.1) is 12.2 Å². The minimum atomic E-state index is -0.121. The van der Waals surface area contributed by atoms with Crippen molar-refractivity contribution in [1.82, 2.24) is 9.97 Å². The summed E-state index contributed by atoms with van der Waals surface area (Å²) in [6.07, 6.45) is 4.86. The average Bonchev–Trinajstić information content (AvgIpc) is 2.45. The number of ether oxygens (including phenoxy) is 1. The lowest BCUT2D eigenvalue weighted by molar-refractivity contribution is -0.0279. The Kier molecular flexibility index (Phi) is 5.39. The fraction of sp³-hybridized carbons (Fsp3) is 0.750. The zero-order valence-electron chi connectivity index (χ0n) is 13.8. The Morgan fingerprint density at radius 2 is 2.10 bits per heavy atom. The first-order chi connectivity index (χ1) is 10.1. The van der Waals surface area contributed by atoms with E-state index in [2.05, 4.69) is 47.9 Å². The molecule has 1 aliphatic rings. The second-order valence-electron chi connectivity index (χ2n) is 6.23. The minimum Gasteiger partial charge on any atom is -0.372 e. The van der Waals surface area contributed by atoms with Crippen LogP contribution in [0.1, 0.15) is 46.1 Å². The summed E-state index contributed by atoms with van der Waals surface area (Å²) in [5.41, 5.74) is 1.12. The monoisotopic (exact) mass is 292 g/mol. The van der Waals surface area contributed by atoms with Crippen LogP contribution in [0.2, 0.25) is 0 Å². The molecular weight excluding hydrogens is 264 g/mol. The first kappa shape index (κ1) is 16.0. The van der Waals surface area contributed by atoms with Gasteiger partial charge in [-0.05, 0) is 26.7 Å². The van der Waals surface area contributed by atoms with Gasteiger partial charge in [0.15, 0.2) is 0 Å². The predicted octanol–water partition coefficient (Wildman–Crippen LogP) is 2.87. The molecule has 2 heterocycles. The van der Waals surface area contributed by atoms with Crippen molar-refractivity contribution in [2.75, 3.05) is 36.5 Å². The Balaban J connectivity index is 2.28. The number of nitrogens with zero attached hydrogens (tertiary/aromatic N) is 3. The van der Waals surface area contributed by atoms with Crippen LogP contribution in [0.4, 0.5) is 11.6 Å². The van der Waals surface area contributed by atoms with Gasteiger partial charge in [0.2, 0.25) is 0 Å². The Morgan fingerprint density at radius 3 is 2.76 bits per heavy atom. The zero-order valence-corrected chi connectivity index (χ0v) is 13.8. The summed E-state index contributed by atoms with van der Waals surface area (Å²) in [6, 6.07) is 0. The van der Waals surface area contributed by atoms with Crippen LogP contribution in [0, 0.1) is 0 Å². The van der Waals surface area contributed by atoms with E-state index in [0.29, 0.717) is 0 Å². The van der Waals surface area contributed by atoms with Crippen molar-refractivity contribution in [1.29, 1.82) is 0 Å². The maximum atomic E-state index is 5.81. The van der Waals surface area contributed by atoms with Gasteiger partial charge in [-0.25, -0.2) is 9.97 Å². The van der Waals surface area contributed by atoms with Crippen LogP contribution in [0.3, 0.4) is 0 Å². The lowest BCUT2D eigenvalue weighted by Crippen LogP contribution is -2.49. The van der Waals surface area contributed by atoms with Crippen molar-refractivity contribution < 1.29 is 4.74 Å². The SMILES string of the molecule is CCCNc1ncnc(N2CCOC(C)(C)C2)c1CCC. The maximum Gasteiger partial charge on any atom is 0.137 e. The summed E-state index contributed by atoms with van der Waals surface area (Å²) in [7, 11) is 0. The van der Waals surface area contributed by atoms with E-state index < -0.39 is 0 Å². The number of nitrogens with one attached hydrogen (secondary N) is 1. The molecule has 1 fully saturated rings. The van der Waals surface area contributed by atoms with E-state index >= 15 is 0 Å². The molecule has 1 aromatic rings. The quantitative estimate of drug-likeness (QED) is 0.873. The largest absolute Gasteiger partial charge is 0.372 e. The molecule has 0 aromatic carbocycles. The summed E-state index contributed by atoms with van der Waals surface area (Å²) in [6.45, 7) is 12.1. The highest BCUT2D eigenvalue weighted by atomic mass is 16.5. The molecule has 0 aliphatic carbocycles. The molecule has 5 nitrogen and oxygen atoms in total. The number of aromatic nitrogens is 2. The molecule has 5 heteroatoms. The van der Waals surface area contributed by atoms with Crippen LogP contribution >= 0.6 is 0 Å². The first-order valence-corrected chi connectivity index (χ1v) is 8.04. The molecule has 1 N–H and O–H groups in total. The Hall–Kier alpha value is -1.36. The third kappa shape index (κ3) is 4.06. The lowest BCUT2D eigenvalue weighted by Gasteiger charge is -2.39. The molecule has 0 bridgehead atoms. The summed E-state index contributed by atoms with van der Waals surface area (Å²) in [4.78, 5) is 11.4. The molecule has 1 saturated heterocycles. The molecule has 0 amide bonds. The topological polar surface area (TPSA) is 50.3 Å². The van der Waals surface area contributed by atoms with Gasteiger partial charge in [0.1, 0.15) is 18.0 Å².